The van der Waals surface area contributed by atoms with Crippen LogP contribution in [0.1, 0.15) is 28.8 Å². The predicted molar refractivity (Wildman–Crippen MR) is 122 cm³/mol. The zero-order chi connectivity index (χ0) is 22.7. The smallest absolute Gasteiger partial charge is 0.255 e. The standard InChI is InChI=1S/C23H28N4O4S/c1-25-13-15-27(16-14-25)32(30,31)21-10-8-20(9-11-21)24-23(29)19-6-4-18(5-7-19)17-26-12-2-3-22(26)28/h4-11H,2-3,12-17H2,1H3,(H,24,29). The molecule has 0 atom stereocenters. The molecule has 0 radical (unpaired) electrons. The van der Waals surface area contributed by atoms with Gasteiger partial charge in [-0.05, 0) is 55.4 Å². The second kappa shape index (κ2) is 9.40. The monoisotopic (exact) mass is 456 g/mol. The van der Waals surface area contributed by atoms with Gasteiger partial charge in [0, 0.05) is 56.9 Å². The summed E-state index contributed by atoms with van der Waals surface area (Å²) in [6.45, 7) is 3.70. The van der Waals surface area contributed by atoms with Gasteiger partial charge in [-0.3, -0.25) is 9.59 Å². The molecule has 2 aliphatic heterocycles. The summed E-state index contributed by atoms with van der Waals surface area (Å²) in [5, 5.41) is 2.80. The van der Waals surface area contributed by atoms with Crippen LogP contribution in [0.3, 0.4) is 0 Å². The number of carbonyl (C=O) groups excluding carboxylic acids is 2. The second-order valence-electron chi connectivity index (χ2n) is 8.30. The third kappa shape index (κ3) is 5.01. The number of rotatable bonds is 6. The van der Waals surface area contributed by atoms with Gasteiger partial charge in [0.1, 0.15) is 0 Å². The zero-order valence-electron chi connectivity index (χ0n) is 18.2. The quantitative estimate of drug-likeness (QED) is 0.718. The highest BCUT2D eigenvalue weighted by Gasteiger charge is 2.27. The Balaban J connectivity index is 1.37. The van der Waals surface area contributed by atoms with Crippen LogP contribution in [0, 0.1) is 0 Å². The zero-order valence-corrected chi connectivity index (χ0v) is 19.0. The molecule has 9 heteroatoms. The summed E-state index contributed by atoms with van der Waals surface area (Å²) < 4.78 is 27.1. The fourth-order valence-corrected chi connectivity index (χ4v) is 5.37. The van der Waals surface area contributed by atoms with Gasteiger partial charge in [-0.15, -0.1) is 0 Å². The summed E-state index contributed by atoms with van der Waals surface area (Å²) in [7, 11) is -1.56. The van der Waals surface area contributed by atoms with E-state index in [9.17, 15) is 18.0 Å². The average Bonchev–Trinajstić information content (AvgIpc) is 3.19. The summed E-state index contributed by atoms with van der Waals surface area (Å²) in [5.41, 5.74) is 2.00. The van der Waals surface area contributed by atoms with Crippen molar-refractivity contribution in [2.24, 2.45) is 0 Å². The predicted octanol–water partition coefficient (Wildman–Crippen LogP) is 2.00. The van der Waals surface area contributed by atoms with Gasteiger partial charge in [-0.1, -0.05) is 12.1 Å². The first-order valence-electron chi connectivity index (χ1n) is 10.8. The van der Waals surface area contributed by atoms with Crippen molar-refractivity contribution in [3.8, 4) is 0 Å². The molecule has 2 fully saturated rings. The lowest BCUT2D eigenvalue weighted by molar-refractivity contribution is -0.128. The molecule has 2 heterocycles. The average molecular weight is 457 g/mol. The SMILES string of the molecule is CN1CCN(S(=O)(=O)c2ccc(NC(=O)c3ccc(CN4CCCC4=O)cc3)cc2)CC1. The number of carbonyl (C=O) groups is 2. The number of hydrogen-bond donors (Lipinski definition) is 1. The number of likely N-dealkylation sites (N-methyl/N-ethyl adjacent to an activating group) is 1. The van der Waals surface area contributed by atoms with Gasteiger partial charge in [-0.25, -0.2) is 8.42 Å². The van der Waals surface area contributed by atoms with E-state index in [2.05, 4.69) is 10.2 Å². The minimum atomic E-state index is -3.54. The van der Waals surface area contributed by atoms with Crippen molar-refractivity contribution in [1.29, 1.82) is 0 Å². The Labute approximate surface area is 188 Å². The topological polar surface area (TPSA) is 90.0 Å². The molecular weight excluding hydrogens is 428 g/mol. The molecule has 0 bridgehead atoms. The summed E-state index contributed by atoms with van der Waals surface area (Å²) in [6, 6.07) is 13.4. The third-order valence-electron chi connectivity index (χ3n) is 5.97. The first-order chi connectivity index (χ1) is 15.3. The molecule has 2 aromatic rings. The molecule has 0 spiro atoms. The summed E-state index contributed by atoms with van der Waals surface area (Å²) >= 11 is 0. The molecule has 32 heavy (non-hydrogen) atoms. The molecule has 0 unspecified atom stereocenters. The minimum absolute atomic E-state index is 0.171. The van der Waals surface area contributed by atoms with Gasteiger partial charge < -0.3 is 15.1 Å². The van der Waals surface area contributed by atoms with Crippen LogP contribution in [0.15, 0.2) is 53.4 Å². The van der Waals surface area contributed by atoms with Crippen molar-refractivity contribution in [2.45, 2.75) is 24.3 Å². The number of nitrogens with zero attached hydrogens (tertiary/aromatic N) is 3. The van der Waals surface area contributed by atoms with Crippen LogP contribution in [-0.2, 0) is 21.4 Å². The van der Waals surface area contributed by atoms with Gasteiger partial charge in [-0.2, -0.15) is 4.31 Å². The van der Waals surface area contributed by atoms with E-state index >= 15 is 0 Å². The highest BCUT2D eigenvalue weighted by atomic mass is 32.2. The first kappa shape index (κ1) is 22.4. The van der Waals surface area contributed by atoms with E-state index in [-0.39, 0.29) is 16.7 Å². The van der Waals surface area contributed by atoms with Gasteiger partial charge in [0.05, 0.1) is 4.90 Å². The maximum atomic E-state index is 12.8. The minimum Gasteiger partial charge on any atom is -0.338 e. The van der Waals surface area contributed by atoms with Crippen molar-refractivity contribution in [3.05, 3.63) is 59.7 Å². The Kier molecular flexibility index (Phi) is 6.59. The third-order valence-corrected chi connectivity index (χ3v) is 7.89. The van der Waals surface area contributed by atoms with Gasteiger partial charge in [0.15, 0.2) is 0 Å². The maximum Gasteiger partial charge on any atom is 0.255 e. The lowest BCUT2D eigenvalue weighted by Crippen LogP contribution is -2.46. The van der Waals surface area contributed by atoms with E-state index in [1.807, 2.05) is 24.1 Å². The highest BCUT2D eigenvalue weighted by Crippen LogP contribution is 2.20. The van der Waals surface area contributed by atoms with E-state index in [0.29, 0.717) is 50.4 Å². The molecule has 2 aliphatic rings. The lowest BCUT2D eigenvalue weighted by Gasteiger charge is -2.31. The molecule has 2 saturated heterocycles. The molecule has 0 saturated carbocycles. The van der Waals surface area contributed by atoms with E-state index in [1.165, 1.54) is 16.4 Å². The number of likely N-dealkylation sites (tertiary alicyclic amines) is 1. The normalized spacial score (nSPS) is 18.2. The first-order valence-corrected chi connectivity index (χ1v) is 12.2. The van der Waals surface area contributed by atoms with Crippen LogP contribution < -0.4 is 5.32 Å². The van der Waals surface area contributed by atoms with Crippen molar-refractivity contribution >= 4 is 27.5 Å². The fourth-order valence-electron chi connectivity index (χ4n) is 3.94. The van der Waals surface area contributed by atoms with E-state index in [0.717, 1.165) is 18.5 Å². The van der Waals surface area contributed by atoms with Gasteiger partial charge in [0.2, 0.25) is 15.9 Å². The number of benzene rings is 2. The van der Waals surface area contributed by atoms with Crippen LogP contribution in [0.25, 0.3) is 0 Å². The van der Waals surface area contributed by atoms with Crippen LogP contribution >= 0.6 is 0 Å². The molecule has 8 nitrogen and oxygen atoms in total. The largest absolute Gasteiger partial charge is 0.338 e. The Hall–Kier alpha value is -2.75. The Bertz CT molecular complexity index is 1080. The van der Waals surface area contributed by atoms with Crippen molar-refractivity contribution in [3.63, 3.8) is 0 Å². The van der Waals surface area contributed by atoms with E-state index < -0.39 is 10.0 Å². The van der Waals surface area contributed by atoms with Gasteiger partial charge >= 0.3 is 0 Å². The molecular formula is C23H28N4O4S. The summed E-state index contributed by atoms with van der Waals surface area (Å²) in [4.78, 5) is 28.5. The number of nitrogens with one attached hydrogen (secondary N) is 1. The molecule has 2 amide bonds. The molecule has 1 N–H and O–H groups in total. The molecule has 2 aromatic carbocycles. The number of piperazine rings is 1. The van der Waals surface area contributed by atoms with E-state index in [1.54, 1.807) is 24.3 Å². The fraction of sp³-hybridized carbons (Fsp3) is 0.391. The van der Waals surface area contributed by atoms with Crippen molar-refractivity contribution in [2.75, 3.05) is 45.1 Å². The van der Waals surface area contributed by atoms with Gasteiger partial charge in [0.25, 0.3) is 5.91 Å². The van der Waals surface area contributed by atoms with Crippen LogP contribution in [-0.4, -0.2) is 74.1 Å². The molecule has 0 aromatic heterocycles. The number of anilines is 1. The summed E-state index contributed by atoms with van der Waals surface area (Å²) in [6.07, 6.45) is 1.50. The van der Waals surface area contributed by atoms with Crippen LogP contribution in [0.4, 0.5) is 5.69 Å². The van der Waals surface area contributed by atoms with Crippen LogP contribution in [0.2, 0.25) is 0 Å². The highest BCUT2D eigenvalue weighted by molar-refractivity contribution is 7.89. The number of sulfonamides is 1. The van der Waals surface area contributed by atoms with E-state index in [4.69, 9.17) is 0 Å². The maximum absolute atomic E-state index is 12.8. The lowest BCUT2D eigenvalue weighted by atomic mass is 10.1. The number of amides is 2. The summed E-state index contributed by atoms with van der Waals surface area (Å²) in [5.74, 6) is -0.103. The Morgan fingerprint density at radius 3 is 2.19 bits per heavy atom. The Morgan fingerprint density at radius 1 is 0.938 bits per heavy atom. The second-order valence-corrected chi connectivity index (χ2v) is 10.2. The Morgan fingerprint density at radius 2 is 1.59 bits per heavy atom. The van der Waals surface area contributed by atoms with Crippen molar-refractivity contribution < 1.29 is 18.0 Å². The molecule has 170 valence electrons. The van der Waals surface area contributed by atoms with Crippen molar-refractivity contribution in [1.82, 2.24) is 14.1 Å². The van der Waals surface area contributed by atoms with Crippen LogP contribution in [0.5, 0.6) is 0 Å². The molecule has 4 rings (SSSR count). The number of hydrogen-bond acceptors (Lipinski definition) is 5. The molecule has 0 aliphatic carbocycles.